The third-order valence-electron chi connectivity index (χ3n) is 3.59. The zero-order valence-corrected chi connectivity index (χ0v) is 10.0. The monoisotopic (exact) mass is 203 g/mol. The molecule has 1 aliphatic carbocycles. The van der Waals surface area contributed by atoms with Crippen molar-refractivity contribution in [3.63, 3.8) is 0 Å². The molecule has 0 spiro atoms. The Morgan fingerprint density at radius 3 is 2.60 bits per heavy atom. The molecule has 2 rings (SSSR count). The first-order valence-electron chi connectivity index (χ1n) is 6.00. The van der Waals surface area contributed by atoms with E-state index in [0.29, 0.717) is 0 Å². The van der Waals surface area contributed by atoms with E-state index < -0.39 is 0 Å². The smallest absolute Gasteiger partial charge is 0.00757 e. The zero-order chi connectivity index (χ0) is 10.8. The van der Waals surface area contributed by atoms with E-state index in [1.807, 2.05) is 0 Å². The van der Waals surface area contributed by atoms with Crippen molar-refractivity contribution in [2.75, 3.05) is 7.05 Å². The molecule has 0 bridgehead atoms. The highest BCUT2D eigenvalue weighted by Gasteiger charge is 2.28. The molecule has 1 N–H and O–H groups in total. The molecular formula is C14H21N. The zero-order valence-electron chi connectivity index (χ0n) is 10.0. The third kappa shape index (κ3) is 2.23. The van der Waals surface area contributed by atoms with Crippen molar-refractivity contribution in [3.8, 4) is 0 Å². The van der Waals surface area contributed by atoms with Crippen LogP contribution in [-0.2, 0) is 6.42 Å². The molecule has 0 aliphatic heterocycles. The summed E-state index contributed by atoms with van der Waals surface area (Å²) in [5, 5.41) is 3.34. The highest BCUT2D eigenvalue weighted by molar-refractivity contribution is 5.33. The van der Waals surface area contributed by atoms with Crippen LogP contribution >= 0.6 is 0 Å². The maximum absolute atomic E-state index is 3.34. The highest BCUT2D eigenvalue weighted by Crippen LogP contribution is 2.37. The van der Waals surface area contributed by atoms with E-state index in [4.69, 9.17) is 0 Å². The van der Waals surface area contributed by atoms with Crippen molar-refractivity contribution >= 4 is 0 Å². The number of nitrogens with one attached hydrogen (secondary N) is 1. The van der Waals surface area contributed by atoms with E-state index in [2.05, 4.69) is 44.4 Å². The minimum atomic E-state index is 0.751. The molecule has 0 aromatic heterocycles. The van der Waals surface area contributed by atoms with Gasteiger partial charge in [0, 0.05) is 6.04 Å². The highest BCUT2D eigenvalue weighted by atomic mass is 14.9. The van der Waals surface area contributed by atoms with Gasteiger partial charge in [-0.3, -0.25) is 0 Å². The maximum atomic E-state index is 3.34. The standard InChI is InChI=1S/C14H21N/c1-4-11-5-10(2)6-12(7-11)13-8-14(9-13)15-3/h5-7,13-15H,4,8-9H2,1-3H3. The lowest BCUT2D eigenvalue weighted by Gasteiger charge is -2.35. The lowest BCUT2D eigenvalue weighted by molar-refractivity contribution is 0.307. The first-order valence-corrected chi connectivity index (χ1v) is 6.00. The Morgan fingerprint density at radius 2 is 2.00 bits per heavy atom. The van der Waals surface area contributed by atoms with Crippen LogP contribution in [0.5, 0.6) is 0 Å². The molecule has 0 unspecified atom stereocenters. The van der Waals surface area contributed by atoms with Crippen LogP contribution in [0, 0.1) is 6.92 Å². The molecule has 82 valence electrons. The van der Waals surface area contributed by atoms with E-state index >= 15 is 0 Å². The molecule has 0 atom stereocenters. The van der Waals surface area contributed by atoms with Gasteiger partial charge < -0.3 is 5.32 Å². The molecule has 1 aromatic rings. The Balaban J connectivity index is 2.12. The second-order valence-corrected chi connectivity index (χ2v) is 4.76. The molecule has 1 fully saturated rings. The summed E-state index contributed by atoms with van der Waals surface area (Å²) in [7, 11) is 2.06. The van der Waals surface area contributed by atoms with Gasteiger partial charge >= 0.3 is 0 Å². The quantitative estimate of drug-likeness (QED) is 0.796. The average molecular weight is 203 g/mol. The number of hydrogen-bond acceptors (Lipinski definition) is 1. The van der Waals surface area contributed by atoms with Gasteiger partial charge in [-0.2, -0.15) is 0 Å². The van der Waals surface area contributed by atoms with Gasteiger partial charge in [-0.25, -0.2) is 0 Å². The molecule has 1 heteroatoms. The predicted octanol–water partition coefficient (Wildman–Crippen LogP) is 3.02. The number of aryl methyl sites for hydroxylation is 2. The summed E-state index contributed by atoms with van der Waals surface area (Å²) < 4.78 is 0. The van der Waals surface area contributed by atoms with E-state index in [9.17, 15) is 0 Å². The second-order valence-electron chi connectivity index (χ2n) is 4.76. The molecule has 0 saturated heterocycles. The van der Waals surface area contributed by atoms with Gasteiger partial charge in [-0.1, -0.05) is 30.7 Å². The Bertz CT molecular complexity index is 337. The second kappa shape index (κ2) is 4.36. The van der Waals surface area contributed by atoms with Crippen LogP contribution in [0.1, 0.15) is 42.4 Å². The summed E-state index contributed by atoms with van der Waals surface area (Å²) in [4.78, 5) is 0. The molecule has 15 heavy (non-hydrogen) atoms. The number of rotatable bonds is 3. The lowest BCUT2D eigenvalue weighted by Crippen LogP contribution is -2.37. The van der Waals surface area contributed by atoms with Crippen molar-refractivity contribution in [1.82, 2.24) is 5.32 Å². The van der Waals surface area contributed by atoms with Crippen LogP contribution in [0.3, 0.4) is 0 Å². The predicted molar refractivity (Wildman–Crippen MR) is 65.4 cm³/mol. The topological polar surface area (TPSA) is 12.0 Å². The fraction of sp³-hybridized carbons (Fsp3) is 0.571. The SMILES string of the molecule is CCc1cc(C)cc(C2CC(NC)C2)c1. The summed E-state index contributed by atoms with van der Waals surface area (Å²) in [5.41, 5.74) is 4.45. The minimum absolute atomic E-state index is 0.751. The van der Waals surface area contributed by atoms with E-state index in [-0.39, 0.29) is 0 Å². The van der Waals surface area contributed by atoms with Gasteiger partial charge in [0.2, 0.25) is 0 Å². The Hall–Kier alpha value is -0.820. The minimum Gasteiger partial charge on any atom is -0.317 e. The first-order chi connectivity index (χ1) is 7.22. The van der Waals surface area contributed by atoms with Crippen molar-refractivity contribution in [3.05, 3.63) is 34.9 Å². The fourth-order valence-corrected chi connectivity index (χ4v) is 2.46. The largest absolute Gasteiger partial charge is 0.317 e. The molecule has 1 nitrogen and oxygen atoms in total. The van der Waals surface area contributed by atoms with Gasteiger partial charge in [0.15, 0.2) is 0 Å². The molecular weight excluding hydrogens is 182 g/mol. The Kier molecular flexibility index (Phi) is 3.11. The van der Waals surface area contributed by atoms with Gasteiger partial charge in [-0.15, -0.1) is 0 Å². The normalized spacial score (nSPS) is 25.0. The Labute approximate surface area is 92.9 Å². The van der Waals surface area contributed by atoms with Crippen LogP contribution in [0.4, 0.5) is 0 Å². The van der Waals surface area contributed by atoms with Crippen LogP contribution in [0.25, 0.3) is 0 Å². The van der Waals surface area contributed by atoms with Crippen molar-refractivity contribution in [1.29, 1.82) is 0 Å². The molecule has 1 aliphatic rings. The van der Waals surface area contributed by atoms with Crippen molar-refractivity contribution < 1.29 is 0 Å². The van der Waals surface area contributed by atoms with E-state index in [1.54, 1.807) is 5.56 Å². The summed E-state index contributed by atoms with van der Waals surface area (Å²) in [6, 6.07) is 7.80. The summed E-state index contributed by atoms with van der Waals surface area (Å²) in [5.74, 6) is 0.799. The van der Waals surface area contributed by atoms with Crippen LogP contribution in [-0.4, -0.2) is 13.1 Å². The van der Waals surface area contributed by atoms with Crippen LogP contribution < -0.4 is 5.32 Å². The van der Waals surface area contributed by atoms with E-state index in [0.717, 1.165) is 18.4 Å². The Morgan fingerprint density at radius 1 is 1.27 bits per heavy atom. The molecule has 0 amide bonds. The first kappa shape index (κ1) is 10.7. The lowest BCUT2D eigenvalue weighted by atomic mass is 9.75. The van der Waals surface area contributed by atoms with Crippen LogP contribution in [0.2, 0.25) is 0 Å². The summed E-state index contributed by atoms with van der Waals surface area (Å²) in [6.45, 7) is 4.44. The van der Waals surface area contributed by atoms with Gasteiger partial charge in [0.05, 0.1) is 0 Å². The molecule has 0 heterocycles. The van der Waals surface area contributed by atoms with Crippen molar-refractivity contribution in [2.45, 2.75) is 45.1 Å². The van der Waals surface area contributed by atoms with Gasteiger partial charge in [0.1, 0.15) is 0 Å². The van der Waals surface area contributed by atoms with Gasteiger partial charge in [0.25, 0.3) is 0 Å². The summed E-state index contributed by atoms with van der Waals surface area (Å²) in [6.07, 6.45) is 3.77. The fourth-order valence-electron chi connectivity index (χ4n) is 2.46. The summed E-state index contributed by atoms with van der Waals surface area (Å²) >= 11 is 0. The van der Waals surface area contributed by atoms with E-state index in [1.165, 1.54) is 24.0 Å². The average Bonchev–Trinajstić information content (AvgIpc) is 2.15. The molecule has 1 aromatic carbocycles. The third-order valence-corrected chi connectivity index (χ3v) is 3.59. The van der Waals surface area contributed by atoms with Gasteiger partial charge in [-0.05, 0) is 50.3 Å². The number of hydrogen-bond donors (Lipinski definition) is 1. The molecule has 1 saturated carbocycles. The molecule has 0 radical (unpaired) electrons. The number of benzene rings is 1. The maximum Gasteiger partial charge on any atom is 0.00757 e. The van der Waals surface area contributed by atoms with Crippen molar-refractivity contribution in [2.24, 2.45) is 0 Å². The van der Waals surface area contributed by atoms with Crippen LogP contribution in [0.15, 0.2) is 18.2 Å².